The molecule has 1 aliphatic carbocycles. The topological polar surface area (TPSA) is 135 Å². The Hall–Kier alpha value is -4.89. The molecule has 0 radical (unpaired) electrons. The first-order chi connectivity index (χ1) is 24.9. The summed E-state index contributed by atoms with van der Waals surface area (Å²) >= 11 is 0. The maximum Gasteiger partial charge on any atom is 0.408 e. The van der Waals surface area contributed by atoms with E-state index < -0.39 is 24.4 Å². The molecule has 1 N–H and O–H groups in total. The molecule has 270 valence electrons. The third kappa shape index (κ3) is 7.73. The lowest BCUT2D eigenvalue weighted by atomic mass is 9.92. The van der Waals surface area contributed by atoms with Gasteiger partial charge in [0, 0.05) is 38.3 Å². The summed E-state index contributed by atoms with van der Waals surface area (Å²) in [7, 11) is 0. The SMILES string of the molecule is O=C1[C@@H](N(CCOCc2ccccc2)C(=O)O)CCN1C1CCC(Oc2cc(-n3c(C(F)F)nc4ccccc43)nc(N3CCOCC3)n2)CC1. The first kappa shape index (κ1) is 34.6. The van der Waals surface area contributed by atoms with E-state index in [9.17, 15) is 23.5 Å². The molecule has 3 fully saturated rings. The average molecular weight is 706 g/mol. The Morgan fingerprint density at radius 2 is 1.71 bits per heavy atom. The van der Waals surface area contributed by atoms with Gasteiger partial charge in [0.05, 0.1) is 37.5 Å². The lowest BCUT2D eigenvalue weighted by molar-refractivity contribution is -0.134. The number of anilines is 1. The van der Waals surface area contributed by atoms with Crippen LogP contribution in [0, 0.1) is 0 Å². The van der Waals surface area contributed by atoms with Gasteiger partial charge in [0.15, 0.2) is 5.82 Å². The van der Waals surface area contributed by atoms with Gasteiger partial charge in [-0.05, 0) is 49.8 Å². The molecule has 2 aliphatic heterocycles. The highest BCUT2D eigenvalue weighted by atomic mass is 19.3. The van der Waals surface area contributed by atoms with Gasteiger partial charge in [-0.25, -0.2) is 18.6 Å². The summed E-state index contributed by atoms with van der Waals surface area (Å²) in [6.45, 7) is 3.22. The van der Waals surface area contributed by atoms with Crippen LogP contribution in [-0.4, -0.2) is 111 Å². The minimum atomic E-state index is -2.83. The number of carboxylic acid groups (broad SMARTS) is 1. The van der Waals surface area contributed by atoms with Crippen molar-refractivity contribution in [2.45, 2.75) is 63.3 Å². The molecule has 51 heavy (non-hydrogen) atoms. The van der Waals surface area contributed by atoms with E-state index in [1.807, 2.05) is 40.1 Å². The predicted octanol–water partition coefficient (Wildman–Crippen LogP) is 5.08. The van der Waals surface area contributed by atoms with E-state index >= 15 is 0 Å². The van der Waals surface area contributed by atoms with Crippen molar-refractivity contribution in [2.24, 2.45) is 0 Å². The molecule has 3 aliphatic rings. The van der Waals surface area contributed by atoms with Crippen LogP contribution in [0.3, 0.4) is 0 Å². The number of ether oxygens (including phenoxy) is 3. The van der Waals surface area contributed by atoms with Crippen LogP contribution in [0.2, 0.25) is 0 Å². The Labute approximate surface area is 293 Å². The third-order valence-corrected chi connectivity index (χ3v) is 9.78. The highest BCUT2D eigenvalue weighted by molar-refractivity contribution is 5.87. The van der Waals surface area contributed by atoms with Crippen LogP contribution in [0.15, 0.2) is 60.7 Å². The fraction of sp³-hybridized carbons (Fsp3) is 0.472. The van der Waals surface area contributed by atoms with Crippen molar-refractivity contribution in [1.82, 2.24) is 29.3 Å². The summed E-state index contributed by atoms with van der Waals surface area (Å²) in [6.07, 6.45) is -1.14. The smallest absolute Gasteiger partial charge is 0.408 e. The molecule has 2 amide bonds. The van der Waals surface area contributed by atoms with Gasteiger partial charge >= 0.3 is 6.09 Å². The molecule has 4 heterocycles. The van der Waals surface area contributed by atoms with E-state index in [1.165, 1.54) is 9.47 Å². The number of fused-ring (bicyclic) bond motifs is 1. The van der Waals surface area contributed by atoms with Gasteiger partial charge in [0.25, 0.3) is 6.43 Å². The molecule has 4 aromatic rings. The van der Waals surface area contributed by atoms with E-state index in [0.717, 1.165) is 5.56 Å². The number of carbonyl (C=O) groups excluding carboxylic acids is 1. The Bertz CT molecular complexity index is 1810. The second-order valence-electron chi connectivity index (χ2n) is 13.0. The van der Waals surface area contributed by atoms with Crippen LogP contribution < -0.4 is 9.64 Å². The molecule has 7 rings (SSSR count). The standard InChI is InChI=1S/C36H41F2N7O6/c37-32(38)33-39-27-8-4-5-9-28(27)45(33)30-22-31(41-35(40-30)42-16-19-49-20-17-42)51-26-12-10-25(11-13-26)43-15-14-29(34(43)46)44(36(47)48)18-21-50-23-24-6-2-1-3-7-24/h1-9,22,25-26,29,32H,10-21,23H2,(H,47,48)/t25?,26?,29-/m0/s1. The summed E-state index contributed by atoms with van der Waals surface area (Å²) in [5, 5.41) is 9.94. The Morgan fingerprint density at radius 3 is 2.45 bits per heavy atom. The fourth-order valence-electron chi connectivity index (χ4n) is 7.21. The highest BCUT2D eigenvalue weighted by Crippen LogP contribution is 2.33. The largest absolute Gasteiger partial charge is 0.474 e. The number of rotatable bonds is 12. The van der Waals surface area contributed by atoms with Crippen LogP contribution >= 0.6 is 0 Å². The van der Waals surface area contributed by atoms with Crippen LogP contribution in [0.4, 0.5) is 19.5 Å². The molecule has 1 saturated carbocycles. The number of para-hydroxylation sites is 2. The molecule has 13 nitrogen and oxygen atoms in total. The van der Waals surface area contributed by atoms with Crippen molar-refractivity contribution in [3.63, 3.8) is 0 Å². The number of hydrogen-bond donors (Lipinski definition) is 1. The highest BCUT2D eigenvalue weighted by Gasteiger charge is 2.42. The van der Waals surface area contributed by atoms with Crippen molar-refractivity contribution < 1.29 is 37.7 Å². The van der Waals surface area contributed by atoms with Gasteiger partial charge in [-0.3, -0.25) is 14.3 Å². The summed E-state index contributed by atoms with van der Waals surface area (Å²) in [4.78, 5) is 44.2. The number of imidazole rings is 1. The first-order valence-electron chi connectivity index (χ1n) is 17.4. The van der Waals surface area contributed by atoms with Crippen LogP contribution in [-0.2, 0) is 20.9 Å². The van der Waals surface area contributed by atoms with Crippen molar-refractivity contribution in [1.29, 1.82) is 0 Å². The monoisotopic (exact) mass is 705 g/mol. The van der Waals surface area contributed by atoms with Gasteiger partial charge in [0.2, 0.25) is 17.7 Å². The molecule has 0 spiro atoms. The zero-order chi connectivity index (χ0) is 35.3. The molecular formula is C36H41F2N7O6. The second kappa shape index (κ2) is 15.6. The van der Waals surface area contributed by atoms with Crippen molar-refractivity contribution >= 4 is 29.0 Å². The van der Waals surface area contributed by atoms with E-state index in [0.29, 0.717) is 88.5 Å². The number of carbonyl (C=O) groups is 2. The summed E-state index contributed by atoms with van der Waals surface area (Å²) in [6, 6.07) is 17.4. The average Bonchev–Trinajstić information content (AvgIpc) is 3.73. The van der Waals surface area contributed by atoms with E-state index in [-0.39, 0.29) is 42.9 Å². The maximum absolute atomic E-state index is 14.3. The summed E-state index contributed by atoms with van der Waals surface area (Å²) in [5.41, 5.74) is 1.93. The molecule has 2 aromatic carbocycles. The number of amides is 2. The van der Waals surface area contributed by atoms with Crippen LogP contribution in [0.1, 0.15) is 49.9 Å². The molecular weight excluding hydrogens is 664 g/mol. The molecule has 2 aromatic heterocycles. The quantitative estimate of drug-likeness (QED) is 0.199. The molecule has 1 atom stereocenters. The Balaban J connectivity index is 1.01. The van der Waals surface area contributed by atoms with Crippen molar-refractivity contribution in [2.75, 3.05) is 50.9 Å². The summed E-state index contributed by atoms with van der Waals surface area (Å²) < 4.78 is 47.5. The molecule has 0 unspecified atom stereocenters. The van der Waals surface area contributed by atoms with Gasteiger partial charge in [-0.2, -0.15) is 9.97 Å². The number of halogens is 2. The lowest BCUT2D eigenvalue weighted by Gasteiger charge is -2.35. The number of benzene rings is 2. The Kier molecular flexibility index (Phi) is 10.5. The number of hydrogen-bond acceptors (Lipinski definition) is 9. The third-order valence-electron chi connectivity index (χ3n) is 9.78. The molecule has 15 heteroatoms. The number of aromatic nitrogens is 4. The van der Waals surface area contributed by atoms with E-state index in [2.05, 4.69) is 4.98 Å². The van der Waals surface area contributed by atoms with Crippen LogP contribution in [0.5, 0.6) is 5.88 Å². The van der Waals surface area contributed by atoms with Crippen LogP contribution in [0.25, 0.3) is 16.9 Å². The molecule has 0 bridgehead atoms. The number of morpholine rings is 1. The molecule has 2 saturated heterocycles. The number of likely N-dealkylation sites (tertiary alicyclic amines) is 1. The van der Waals surface area contributed by atoms with Gasteiger partial charge in [0.1, 0.15) is 18.0 Å². The fourth-order valence-corrected chi connectivity index (χ4v) is 7.21. The normalized spacial score (nSPS) is 21.1. The van der Waals surface area contributed by atoms with Gasteiger partial charge in [-0.15, -0.1) is 0 Å². The number of alkyl halides is 2. The second-order valence-corrected chi connectivity index (χ2v) is 13.0. The first-order valence-corrected chi connectivity index (χ1v) is 17.4. The predicted molar refractivity (Wildman–Crippen MR) is 182 cm³/mol. The summed E-state index contributed by atoms with van der Waals surface area (Å²) in [5.74, 6) is 0.277. The number of nitrogens with zero attached hydrogens (tertiary/aromatic N) is 7. The maximum atomic E-state index is 14.3. The zero-order valence-corrected chi connectivity index (χ0v) is 28.2. The minimum Gasteiger partial charge on any atom is -0.474 e. The van der Waals surface area contributed by atoms with E-state index in [4.69, 9.17) is 24.2 Å². The Morgan fingerprint density at radius 1 is 0.961 bits per heavy atom. The van der Waals surface area contributed by atoms with Crippen molar-refractivity contribution in [3.05, 3.63) is 72.1 Å². The van der Waals surface area contributed by atoms with Gasteiger partial charge < -0.3 is 29.1 Å². The van der Waals surface area contributed by atoms with Crippen molar-refractivity contribution in [3.8, 4) is 11.7 Å². The lowest BCUT2D eigenvalue weighted by Crippen LogP contribution is -2.48. The van der Waals surface area contributed by atoms with Gasteiger partial charge in [-0.1, -0.05) is 42.5 Å². The minimum absolute atomic E-state index is 0.0388. The van der Waals surface area contributed by atoms with E-state index in [1.54, 1.807) is 30.3 Å². The zero-order valence-electron chi connectivity index (χ0n) is 28.2.